The van der Waals surface area contributed by atoms with Gasteiger partial charge in [-0.1, -0.05) is 26.7 Å². The van der Waals surface area contributed by atoms with Gasteiger partial charge >= 0.3 is 5.97 Å². The molecule has 0 spiro atoms. The second-order valence-electron chi connectivity index (χ2n) is 6.89. The van der Waals surface area contributed by atoms with Crippen LogP contribution in [0.25, 0.3) is 0 Å². The molecule has 6 nitrogen and oxygen atoms in total. The Morgan fingerprint density at radius 2 is 1.88 bits per heavy atom. The predicted octanol–water partition coefficient (Wildman–Crippen LogP) is 2.94. The molecule has 1 fully saturated rings. The van der Waals surface area contributed by atoms with Gasteiger partial charge in [-0.05, 0) is 37.0 Å². The molecule has 136 valence electrons. The third-order valence-corrected chi connectivity index (χ3v) is 4.32. The minimum Gasteiger partial charge on any atom is -0.480 e. The maximum atomic E-state index is 14.2. The molecular formula is C18H23FN2O4. The molecule has 0 radical (unpaired) electrons. The van der Waals surface area contributed by atoms with Crippen LogP contribution in [0.15, 0.2) is 18.2 Å². The summed E-state index contributed by atoms with van der Waals surface area (Å²) in [5, 5.41) is 14.4. The Bertz CT molecular complexity index is 682. The number of halogens is 1. The van der Waals surface area contributed by atoms with Gasteiger partial charge in [0.1, 0.15) is 11.4 Å². The third-order valence-electron chi connectivity index (χ3n) is 4.32. The first-order valence-corrected chi connectivity index (χ1v) is 8.39. The van der Waals surface area contributed by atoms with E-state index in [1.54, 1.807) is 0 Å². The van der Waals surface area contributed by atoms with E-state index in [0.717, 1.165) is 18.9 Å². The Kier molecular flexibility index (Phi) is 5.77. The lowest BCUT2D eigenvalue weighted by molar-refractivity contribution is -0.144. The number of carboxylic acid groups (broad SMARTS) is 1. The first-order chi connectivity index (χ1) is 11.7. The van der Waals surface area contributed by atoms with Crippen molar-refractivity contribution in [2.45, 2.75) is 51.5 Å². The Hall–Kier alpha value is -2.44. The molecule has 0 bridgehead atoms. The monoisotopic (exact) mass is 350 g/mol. The number of anilines is 1. The summed E-state index contributed by atoms with van der Waals surface area (Å²) in [7, 11) is 0. The van der Waals surface area contributed by atoms with Crippen LogP contribution in [0.4, 0.5) is 10.1 Å². The SMILES string of the molecule is CC(C)CC(=O)Nc1ccc(C(=O)NC2(C(=O)O)CCCC2)cc1F. The molecule has 0 heterocycles. The highest BCUT2D eigenvalue weighted by atomic mass is 19.1. The lowest BCUT2D eigenvalue weighted by Gasteiger charge is -2.25. The maximum Gasteiger partial charge on any atom is 0.329 e. The van der Waals surface area contributed by atoms with E-state index >= 15 is 0 Å². The van der Waals surface area contributed by atoms with Crippen molar-refractivity contribution in [3.05, 3.63) is 29.6 Å². The van der Waals surface area contributed by atoms with Crippen molar-refractivity contribution in [1.82, 2.24) is 5.32 Å². The number of carbonyl (C=O) groups is 3. The van der Waals surface area contributed by atoms with Crippen LogP contribution < -0.4 is 10.6 Å². The smallest absolute Gasteiger partial charge is 0.329 e. The van der Waals surface area contributed by atoms with Gasteiger partial charge in [0.25, 0.3) is 5.91 Å². The Balaban J connectivity index is 2.10. The number of amides is 2. The van der Waals surface area contributed by atoms with Crippen LogP contribution in [-0.2, 0) is 9.59 Å². The zero-order chi connectivity index (χ0) is 18.6. The number of nitrogens with one attached hydrogen (secondary N) is 2. The summed E-state index contributed by atoms with van der Waals surface area (Å²) in [5.41, 5.74) is -1.26. The van der Waals surface area contributed by atoms with Crippen molar-refractivity contribution < 1.29 is 23.9 Å². The van der Waals surface area contributed by atoms with Crippen molar-refractivity contribution in [1.29, 1.82) is 0 Å². The number of aliphatic carboxylic acids is 1. The van der Waals surface area contributed by atoms with Crippen LogP contribution in [0.3, 0.4) is 0 Å². The van der Waals surface area contributed by atoms with E-state index in [4.69, 9.17) is 0 Å². The van der Waals surface area contributed by atoms with Gasteiger partial charge in [-0.2, -0.15) is 0 Å². The largest absolute Gasteiger partial charge is 0.480 e. The van der Waals surface area contributed by atoms with Gasteiger partial charge in [0.2, 0.25) is 5.91 Å². The number of carbonyl (C=O) groups excluding carboxylic acids is 2. The van der Waals surface area contributed by atoms with Crippen LogP contribution in [-0.4, -0.2) is 28.4 Å². The molecule has 1 aliphatic rings. The third kappa shape index (κ3) is 4.55. The lowest BCUT2D eigenvalue weighted by Crippen LogP contribution is -2.52. The number of carboxylic acids is 1. The molecule has 25 heavy (non-hydrogen) atoms. The Morgan fingerprint density at radius 1 is 1.24 bits per heavy atom. The van der Waals surface area contributed by atoms with Gasteiger partial charge in [-0.15, -0.1) is 0 Å². The van der Waals surface area contributed by atoms with Crippen LogP contribution in [0, 0.1) is 11.7 Å². The van der Waals surface area contributed by atoms with E-state index in [9.17, 15) is 23.9 Å². The number of benzene rings is 1. The fraction of sp³-hybridized carbons (Fsp3) is 0.500. The van der Waals surface area contributed by atoms with E-state index < -0.39 is 23.2 Å². The van der Waals surface area contributed by atoms with Crippen molar-refractivity contribution >= 4 is 23.5 Å². The van der Waals surface area contributed by atoms with E-state index in [1.165, 1.54) is 12.1 Å². The molecule has 1 saturated carbocycles. The summed E-state index contributed by atoms with van der Waals surface area (Å²) in [6.45, 7) is 3.76. The van der Waals surface area contributed by atoms with Gasteiger partial charge in [0.05, 0.1) is 5.69 Å². The zero-order valence-corrected chi connectivity index (χ0v) is 14.4. The molecule has 0 aliphatic heterocycles. The zero-order valence-electron chi connectivity index (χ0n) is 14.4. The summed E-state index contributed by atoms with van der Waals surface area (Å²) in [6, 6.07) is 3.68. The van der Waals surface area contributed by atoms with E-state index in [2.05, 4.69) is 10.6 Å². The molecule has 0 saturated heterocycles. The molecular weight excluding hydrogens is 327 g/mol. The van der Waals surface area contributed by atoms with Gasteiger partial charge in [-0.25, -0.2) is 9.18 Å². The number of hydrogen-bond acceptors (Lipinski definition) is 3. The minimum atomic E-state index is -1.28. The molecule has 1 aromatic rings. The summed E-state index contributed by atoms with van der Waals surface area (Å²) in [5.74, 6) is -2.60. The Labute approximate surface area is 145 Å². The molecule has 0 atom stereocenters. The molecule has 1 aliphatic carbocycles. The molecule has 2 amide bonds. The quantitative estimate of drug-likeness (QED) is 0.735. The van der Waals surface area contributed by atoms with Crippen molar-refractivity contribution in [3.63, 3.8) is 0 Å². The van der Waals surface area contributed by atoms with Crippen LogP contribution >= 0.6 is 0 Å². The van der Waals surface area contributed by atoms with Crippen LogP contribution in [0.2, 0.25) is 0 Å². The topological polar surface area (TPSA) is 95.5 Å². The second-order valence-corrected chi connectivity index (χ2v) is 6.89. The van der Waals surface area contributed by atoms with Crippen molar-refractivity contribution in [2.24, 2.45) is 5.92 Å². The fourth-order valence-electron chi connectivity index (χ4n) is 2.99. The van der Waals surface area contributed by atoms with E-state index in [1.807, 2.05) is 13.8 Å². The molecule has 7 heteroatoms. The summed E-state index contributed by atoms with van der Waals surface area (Å²) < 4.78 is 14.2. The standard InChI is InChI=1S/C18H23FN2O4/c1-11(2)9-15(22)20-14-6-5-12(10-13(14)19)16(23)21-18(17(24)25)7-3-4-8-18/h5-6,10-11H,3-4,7-9H2,1-2H3,(H,20,22)(H,21,23)(H,24,25). The predicted molar refractivity (Wildman–Crippen MR) is 90.8 cm³/mol. The number of hydrogen-bond donors (Lipinski definition) is 3. The van der Waals surface area contributed by atoms with Gasteiger partial charge in [-0.3, -0.25) is 9.59 Å². The lowest BCUT2D eigenvalue weighted by atomic mass is 9.97. The first kappa shape index (κ1) is 18.9. The molecule has 1 aromatic carbocycles. The normalized spacial score (nSPS) is 15.8. The average Bonchev–Trinajstić information content (AvgIpc) is 2.98. The van der Waals surface area contributed by atoms with Gasteiger partial charge < -0.3 is 15.7 Å². The Morgan fingerprint density at radius 3 is 2.40 bits per heavy atom. The van der Waals surface area contributed by atoms with Crippen LogP contribution in [0.5, 0.6) is 0 Å². The van der Waals surface area contributed by atoms with Crippen molar-refractivity contribution in [2.75, 3.05) is 5.32 Å². The summed E-state index contributed by atoms with van der Waals surface area (Å²) >= 11 is 0. The fourth-order valence-corrected chi connectivity index (χ4v) is 2.99. The van der Waals surface area contributed by atoms with E-state index in [-0.39, 0.29) is 29.5 Å². The number of rotatable bonds is 6. The van der Waals surface area contributed by atoms with Gasteiger partial charge in [0, 0.05) is 12.0 Å². The highest BCUT2D eigenvalue weighted by Crippen LogP contribution is 2.30. The van der Waals surface area contributed by atoms with Crippen molar-refractivity contribution in [3.8, 4) is 0 Å². The molecule has 3 N–H and O–H groups in total. The summed E-state index contributed by atoms with van der Waals surface area (Å²) in [4.78, 5) is 35.5. The highest BCUT2D eigenvalue weighted by molar-refractivity contribution is 5.99. The molecule has 0 aromatic heterocycles. The second kappa shape index (κ2) is 7.63. The minimum absolute atomic E-state index is 0.00369. The summed E-state index contributed by atoms with van der Waals surface area (Å²) in [6.07, 6.45) is 2.44. The molecule has 0 unspecified atom stereocenters. The average molecular weight is 350 g/mol. The maximum absolute atomic E-state index is 14.2. The first-order valence-electron chi connectivity index (χ1n) is 8.39. The molecule has 2 rings (SSSR count). The highest BCUT2D eigenvalue weighted by Gasteiger charge is 2.42. The van der Waals surface area contributed by atoms with Gasteiger partial charge in [0.15, 0.2) is 0 Å². The van der Waals surface area contributed by atoms with Crippen LogP contribution in [0.1, 0.15) is 56.3 Å². The van der Waals surface area contributed by atoms with E-state index in [0.29, 0.717) is 12.8 Å².